The van der Waals surface area contributed by atoms with E-state index >= 15 is 0 Å². The highest BCUT2D eigenvalue weighted by Crippen LogP contribution is 2.40. The number of hydrogen-bond donors (Lipinski definition) is 0. The maximum absolute atomic E-state index is 10.1. The Balaban J connectivity index is 1.92. The average Bonchev–Trinajstić information content (AvgIpc) is 3.15. The lowest BCUT2D eigenvalue weighted by molar-refractivity contribution is 0.293. The number of nitriles is 1. The summed E-state index contributed by atoms with van der Waals surface area (Å²) in [6.07, 6.45) is 2.84. The van der Waals surface area contributed by atoms with E-state index in [1.807, 2.05) is 12.1 Å². The highest BCUT2D eigenvalue weighted by molar-refractivity contribution is 7.10. The van der Waals surface area contributed by atoms with Crippen molar-refractivity contribution in [3.63, 3.8) is 0 Å². The molecule has 0 aliphatic rings. The number of aryl methyl sites for hydroxylation is 1. The minimum absolute atomic E-state index is 0.290. The van der Waals surface area contributed by atoms with Gasteiger partial charge in [-0.15, -0.1) is 11.3 Å². The van der Waals surface area contributed by atoms with Crippen molar-refractivity contribution < 1.29 is 9.47 Å². The monoisotopic (exact) mass is 414 g/mol. The van der Waals surface area contributed by atoms with Crippen LogP contribution in [0.25, 0.3) is 0 Å². The fourth-order valence-electron chi connectivity index (χ4n) is 3.92. The Labute approximate surface area is 180 Å². The highest BCUT2D eigenvalue weighted by atomic mass is 32.1. The van der Waals surface area contributed by atoms with Crippen LogP contribution in [0.2, 0.25) is 0 Å². The Bertz CT molecular complexity index is 825. The summed E-state index contributed by atoms with van der Waals surface area (Å²) in [4.78, 5) is 3.61. The van der Waals surface area contributed by atoms with Gasteiger partial charge in [0, 0.05) is 11.4 Å². The Morgan fingerprint density at radius 3 is 2.41 bits per heavy atom. The molecule has 0 saturated heterocycles. The molecule has 29 heavy (non-hydrogen) atoms. The molecule has 1 aromatic carbocycles. The lowest BCUT2D eigenvalue weighted by atomic mass is 9.70. The molecule has 0 amide bonds. The summed E-state index contributed by atoms with van der Waals surface area (Å²) in [5, 5.41) is 12.2. The molecule has 2 aromatic rings. The Morgan fingerprint density at radius 1 is 1.14 bits per heavy atom. The second-order valence-corrected chi connectivity index (χ2v) is 9.09. The zero-order valence-corrected chi connectivity index (χ0v) is 19.4. The first-order chi connectivity index (χ1) is 13.9. The van der Waals surface area contributed by atoms with Crippen LogP contribution in [0, 0.1) is 24.2 Å². The van der Waals surface area contributed by atoms with Gasteiger partial charge in [0.1, 0.15) is 0 Å². The van der Waals surface area contributed by atoms with E-state index in [1.54, 1.807) is 25.6 Å². The first kappa shape index (κ1) is 23.3. The third-order valence-corrected chi connectivity index (χ3v) is 6.71. The molecule has 1 unspecified atom stereocenters. The van der Waals surface area contributed by atoms with E-state index in [2.05, 4.69) is 56.3 Å². The van der Waals surface area contributed by atoms with E-state index in [-0.39, 0.29) is 5.92 Å². The highest BCUT2D eigenvalue weighted by Gasteiger charge is 2.37. The van der Waals surface area contributed by atoms with Gasteiger partial charge in [0.05, 0.1) is 25.7 Å². The molecule has 2 rings (SSSR count). The summed E-state index contributed by atoms with van der Waals surface area (Å²) in [5.74, 6) is 1.82. The Morgan fingerprint density at radius 2 is 1.86 bits per heavy atom. The number of nitrogens with zero attached hydrogens (tertiary/aromatic N) is 2. The van der Waals surface area contributed by atoms with Crippen molar-refractivity contribution in [1.82, 2.24) is 4.90 Å². The van der Waals surface area contributed by atoms with Crippen LogP contribution in [0.15, 0.2) is 29.6 Å². The van der Waals surface area contributed by atoms with Crippen molar-refractivity contribution in [2.75, 3.05) is 34.4 Å². The van der Waals surface area contributed by atoms with Gasteiger partial charge in [-0.3, -0.25) is 0 Å². The zero-order chi connectivity index (χ0) is 21.4. The fraction of sp³-hybridized carbons (Fsp3) is 0.542. The summed E-state index contributed by atoms with van der Waals surface area (Å²) in [6.45, 7) is 8.41. The number of hydrogen-bond acceptors (Lipinski definition) is 5. The molecule has 0 N–H and O–H groups in total. The lowest BCUT2D eigenvalue weighted by Gasteiger charge is -2.32. The molecule has 158 valence electrons. The molecule has 5 heteroatoms. The Hall–Kier alpha value is -2.03. The van der Waals surface area contributed by atoms with Crippen molar-refractivity contribution in [3.05, 3.63) is 45.6 Å². The lowest BCUT2D eigenvalue weighted by Crippen LogP contribution is -2.32. The van der Waals surface area contributed by atoms with Gasteiger partial charge >= 0.3 is 0 Å². The normalized spacial score (nSPS) is 13.3. The predicted molar refractivity (Wildman–Crippen MR) is 121 cm³/mol. The molecule has 0 aliphatic heterocycles. The molecule has 1 aromatic heterocycles. The van der Waals surface area contributed by atoms with Gasteiger partial charge in [-0.05, 0) is 80.4 Å². The molecule has 0 radical (unpaired) electrons. The average molecular weight is 415 g/mol. The van der Waals surface area contributed by atoms with Gasteiger partial charge in [-0.2, -0.15) is 5.26 Å². The molecule has 0 saturated carbocycles. The van der Waals surface area contributed by atoms with Gasteiger partial charge in [0.2, 0.25) is 0 Å². The van der Waals surface area contributed by atoms with Crippen LogP contribution < -0.4 is 9.47 Å². The van der Waals surface area contributed by atoms with Crippen LogP contribution in [-0.4, -0.2) is 39.3 Å². The van der Waals surface area contributed by atoms with E-state index in [1.165, 1.54) is 16.0 Å². The Kier molecular flexibility index (Phi) is 8.55. The molecular weight excluding hydrogens is 380 g/mol. The minimum Gasteiger partial charge on any atom is -0.493 e. The number of methoxy groups -OCH3 is 2. The molecule has 1 atom stereocenters. The van der Waals surface area contributed by atoms with Crippen molar-refractivity contribution in [1.29, 1.82) is 5.26 Å². The van der Waals surface area contributed by atoms with Crippen LogP contribution >= 0.6 is 11.3 Å². The SMILES string of the molecule is COc1ccc(CCN(C)CCCC(C#N)(c2ccsc2C)C(C)C)cc1OC. The molecular formula is C24H34N2O2S. The van der Waals surface area contributed by atoms with E-state index < -0.39 is 5.41 Å². The first-order valence-electron chi connectivity index (χ1n) is 10.2. The summed E-state index contributed by atoms with van der Waals surface area (Å²) >= 11 is 1.73. The number of likely N-dealkylation sites (N-methyl/N-ethyl adjacent to an activating group) is 1. The second kappa shape index (κ2) is 10.7. The first-order valence-corrected chi connectivity index (χ1v) is 11.1. The van der Waals surface area contributed by atoms with Crippen molar-refractivity contribution in [2.45, 2.75) is 45.4 Å². The molecule has 0 fully saturated rings. The molecule has 0 spiro atoms. The number of benzene rings is 1. The van der Waals surface area contributed by atoms with Crippen LogP contribution in [0.5, 0.6) is 11.5 Å². The van der Waals surface area contributed by atoms with Gasteiger partial charge in [-0.25, -0.2) is 0 Å². The van der Waals surface area contributed by atoms with E-state index in [0.29, 0.717) is 0 Å². The van der Waals surface area contributed by atoms with Crippen molar-refractivity contribution in [3.8, 4) is 17.6 Å². The van der Waals surface area contributed by atoms with Gasteiger partial charge in [-0.1, -0.05) is 19.9 Å². The quantitative estimate of drug-likeness (QED) is 0.491. The van der Waals surface area contributed by atoms with E-state index in [4.69, 9.17) is 9.47 Å². The van der Waals surface area contributed by atoms with Crippen LogP contribution in [0.1, 0.15) is 42.7 Å². The smallest absolute Gasteiger partial charge is 0.160 e. The van der Waals surface area contributed by atoms with Crippen LogP contribution in [-0.2, 0) is 11.8 Å². The van der Waals surface area contributed by atoms with Crippen LogP contribution in [0.4, 0.5) is 0 Å². The molecule has 0 aliphatic carbocycles. The summed E-state index contributed by atoms with van der Waals surface area (Å²) < 4.78 is 10.7. The van der Waals surface area contributed by atoms with Gasteiger partial charge in [0.15, 0.2) is 11.5 Å². The number of thiophene rings is 1. The third-order valence-electron chi connectivity index (χ3n) is 5.87. The maximum Gasteiger partial charge on any atom is 0.160 e. The largest absolute Gasteiger partial charge is 0.493 e. The minimum atomic E-state index is -0.395. The van der Waals surface area contributed by atoms with Crippen molar-refractivity contribution in [2.24, 2.45) is 5.92 Å². The molecule has 0 bridgehead atoms. The standard InChI is InChI=1S/C24H34N2O2S/c1-18(2)24(17-25,21-11-15-29-19(21)3)12-7-13-26(4)14-10-20-8-9-22(27-5)23(16-20)28-6/h8-9,11,15-16,18H,7,10,12-14H2,1-6H3. The van der Waals surface area contributed by atoms with E-state index in [0.717, 1.165) is 43.9 Å². The summed E-state index contributed by atoms with van der Waals surface area (Å²) in [6, 6.07) is 10.9. The van der Waals surface area contributed by atoms with Gasteiger partial charge < -0.3 is 14.4 Å². The maximum atomic E-state index is 10.1. The van der Waals surface area contributed by atoms with Crippen molar-refractivity contribution >= 4 is 11.3 Å². The molecule has 1 heterocycles. The number of ether oxygens (including phenoxy) is 2. The van der Waals surface area contributed by atoms with Crippen LogP contribution in [0.3, 0.4) is 0 Å². The fourth-order valence-corrected chi connectivity index (χ4v) is 4.71. The topological polar surface area (TPSA) is 45.5 Å². The zero-order valence-electron chi connectivity index (χ0n) is 18.6. The molecule has 4 nitrogen and oxygen atoms in total. The van der Waals surface area contributed by atoms with Gasteiger partial charge in [0.25, 0.3) is 0 Å². The predicted octanol–water partition coefficient (Wildman–Crippen LogP) is 5.45. The number of rotatable bonds is 11. The summed E-state index contributed by atoms with van der Waals surface area (Å²) in [7, 11) is 5.47. The summed E-state index contributed by atoms with van der Waals surface area (Å²) in [5.41, 5.74) is 2.05. The van der Waals surface area contributed by atoms with E-state index in [9.17, 15) is 5.26 Å². The second-order valence-electron chi connectivity index (χ2n) is 7.97. The third kappa shape index (κ3) is 5.52.